The quantitative estimate of drug-likeness (QED) is 0.831. The highest BCUT2D eigenvalue weighted by Crippen LogP contribution is 2.26. The van der Waals surface area contributed by atoms with Gasteiger partial charge in [0.25, 0.3) is 0 Å². The Bertz CT molecular complexity index is 476. The van der Waals surface area contributed by atoms with Gasteiger partial charge in [0.15, 0.2) is 0 Å². The van der Waals surface area contributed by atoms with Crippen molar-refractivity contribution >= 4 is 26.8 Å². The monoisotopic (exact) mass is 267 g/mol. The molecule has 0 bridgehead atoms. The molecule has 15 heavy (non-hydrogen) atoms. The maximum atomic E-state index is 5.43. The number of nitrogens with zero attached hydrogens (tertiary/aromatic N) is 1. The fraction of sp³-hybridized carbons (Fsp3) is 0.333. The maximum absolute atomic E-state index is 5.43. The Balaban J connectivity index is 2.49. The molecule has 1 aromatic heterocycles. The number of aromatic nitrogens is 1. The first-order valence-electron chi connectivity index (χ1n) is 5.04. The topological polar surface area (TPSA) is 14.2 Å². The lowest BCUT2D eigenvalue weighted by Gasteiger charge is -2.03. The number of ether oxygens (including phenoxy) is 1. The average molecular weight is 268 g/mol. The molecule has 0 N–H and O–H groups in total. The smallest absolute Gasteiger partial charge is 0.0867 e. The summed E-state index contributed by atoms with van der Waals surface area (Å²) < 4.78 is 8.75. The molecule has 2 rings (SSSR count). The second-order valence-electron chi connectivity index (χ2n) is 3.50. The zero-order chi connectivity index (χ0) is 10.8. The SMILES string of the molecule is CCOCc1cc2c(Br)cccc2n1C. The third-order valence-corrected chi connectivity index (χ3v) is 3.28. The van der Waals surface area contributed by atoms with Gasteiger partial charge in [0.05, 0.1) is 6.61 Å². The Labute approximate surface area is 98.0 Å². The van der Waals surface area contributed by atoms with Gasteiger partial charge in [0.1, 0.15) is 0 Å². The Morgan fingerprint density at radius 3 is 2.87 bits per heavy atom. The van der Waals surface area contributed by atoms with Gasteiger partial charge in [0, 0.05) is 34.7 Å². The standard InChI is InChI=1S/C12H14BrNO/c1-3-15-8-9-7-10-11(13)5-4-6-12(10)14(9)2/h4-7H,3,8H2,1-2H3. The van der Waals surface area contributed by atoms with Crippen molar-refractivity contribution in [3.05, 3.63) is 34.4 Å². The Kier molecular flexibility index (Phi) is 3.12. The van der Waals surface area contributed by atoms with E-state index in [1.807, 2.05) is 6.92 Å². The van der Waals surface area contributed by atoms with E-state index >= 15 is 0 Å². The minimum absolute atomic E-state index is 0.675. The highest BCUT2D eigenvalue weighted by molar-refractivity contribution is 9.10. The molecule has 0 saturated heterocycles. The lowest BCUT2D eigenvalue weighted by molar-refractivity contribution is 0.129. The summed E-state index contributed by atoms with van der Waals surface area (Å²) >= 11 is 3.56. The van der Waals surface area contributed by atoms with Crippen molar-refractivity contribution in [3.63, 3.8) is 0 Å². The van der Waals surface area contributed by atoms with Crippen molar-refractivity contribution in [2.45, 2.75) is 13.5 Å². The second kappa shape index (κ2) is 4.37. The van der Waals surface area contributed by atoms with Crippen LogP contribution in [0.25, 0.3) is 10.9 Å². The number of fused-ring (bicyclic) bond motifs is 1. The Morgan fingerprint density at radius 2 is 2.20 bits per heavy atom. The first kappa shape index (κ1) is 10.7. The molecule has 0 saturated carbocycles. The molecule has 0 aliphatic carbocycles. The molecule has 1 aromatic carbocycles. The van der Waals surface area contributed by atoms with Crippen LogP contribution in [-0.4, -0.2) is 11.2 Å². The average Bonchev–Trinajstić information content (AvgIpc) is 2.55. The van der Waals surface area contributed by atoms with E-state index in [4.69, 9.17) is 4.74 Å². The molecule has 0 radical (unpaired) electrons. The molecular weight excluding hydrogens is 254 g/mol. The summed E-state index contributed by atoms with van der Waals surface area (Å²) in [7, 11) is 2.07. The van der Waals surface area contributed by atoms with Crippen molar-refractivity contribution in [2.75, 3.05) is 6.61 Å². The summed E-state index contributed by atoms with van der Waals surface area (Å²) in [5, 5.41) is 1.25. The van der Waals surface area contributed by atoms with Gasteiger partial charge in [-0.2, -0.15) is 0 Å². The van der Waals surface area contributed by atoms with Gasteiger partial charge >= 0.3 is 0 Å². The molecule has 0 aliphatic rings. The summed E-state index contributed by atoms with van der Waals surface area (Å²) in [5.74, 6) is 0. The largest absolute Gasteiger partial charge is 0.376 e. The summed E-state index contributed by atoms with van der Waals surface area (Å²) in [6.07, 6.45) is 0. The Hall–Kier alpha value is -0.800. The molecule has 2 aromatic rings. The predicted molar refractivity (Wildman–Crippen MR) is 65.9 cm³/mol. The van der Waals surface area contributed by atoms with E-state index in [0.717, 1.165) is 11.1 Å². The zero-order valence-electron chi connectivity index (χ0n) is 8.96. The molecular formula is C12H14BrNO. The number of rotatable bonds is 3. The first-order chi connectivity index (χ1) is 7.24. The molecule has 0 aliphatic heterocycles. The van der Waals surface area contributed by atoms with Crippen LogP contribution in [0.1, 0.15) is 12.6 Å². The molecule has 0 atom stereocenters. The highest BCUT2D eigenvalue weighted by Gasteiger charge is 2.07. The number of aryl methyl sites for hydroxylation is 1. The van der Waals surface area contributed by atoms with Crippen LogP contribution in [-0.2, 0) is 18.4 Å². The van der Waals surface area contributed by atoms with E-state index in [1.165, 1.54) is 16.6 Å². The first-order valence-corrected chi connectivity index (χ1v) is 5.84. The van der Waals surface area contributed by atoms with Gasteiger partial charge in [0.2, 0.25) is 0 Å². The molecule has 0 fully saturated rings. The summed E-state index contributed by atoms with van der Waals surface area (Å²) in [4.78, 5) is 0. The third-order valence-electron chi connectivity index (χ3n) is 2.59. The van der Waals surface area contributed by atoms with Crippen LogP contribution in [0.5, 0.6) is 0 Å². The van der Waals surface area contributed by atoms with E-state index < -0.39 is 0 Å². The lowest BCUT2D eigenvalue weighted by Crippen LogP contribution is -1.98. The van der Waals surface area contributed by atoms with Crippen LogP contribution in [0.2, 0.25) is 0 Å². The van der Waals surface area contributed by atoms with Gasteiger partial charge in [-0.3, -0.25) is 0 Å². The van der Waals surface area contributed by atoms with Crippen LogP contribution in [0.3, 0.4) is 0 Å². The van der Waals surface area contributed by atoms with Crippen molar-refractivity contribution in [1.82, 2.24) is 4.57 Å². The van der Waals surface area contributed by atoms with Gasteiger partial charge in [-0.15, -0.1) is 0 Å². The molecule has 3 heteroatoms. The zero-order valence-corrected chi connectivity index (χ0v) is 10.5. The van der Waals surface area contributed by atoms with E-state index in [0.29, 0.717) is 6.61 Å². The molecule has 0 spiro atoms. The predicted octanol–water partition coefficient (Wildman–Crippen LogP) is 3.48. The van der Waals surface area contributed by atoms with Crippen LogP contribution in [0.15, 0.2) is 28.7 Å². The molecule has 0 amide bonds. The second-order valence-corrected chi connectivity index (χ2v) is 4.36. The number of benzene rings is 1. The van der Waals surface area contributed by atoms with Crippen LogP contribution >= 0.6 is 15.9 Å². The lowest BCUT2D eigenvalue weighted by atomic mass is 10.2. The van der Waals surface area contributed by atoms with Crippen LogP contribution < -0.4 is 0 Å². The van der Waals surface area contributed by atoms with Crippen LogP contribution in [0, 0.1) is 0 Å². The van der Waals surface area contributed by atoms with Crippen molar-refractivity contribution in [2.24, 2.45) is 7.05 Å². The van der Waals surface area contributed by atoms with Crippen molar-refractivity contribution in [3.8, 4) is 0 Å². The molecule has 1 heterocycles. The van der Waals surface area contributed by atoms with Gasteiger partial charge in [-0.1, -0.05) is 22.0 Å². The molecule has 0 unspecified atom stereocenters. The molecule has 2 nitrogen and oxygen atoms in total. The minimum atomic E-state index is 0.675. The van der Waals surface area contributed by atoms with Crippen LogP contribution in [0.4, 0.5) is 0 Å². The van der Waals surface area contributed by atoms with E-state index in [2.05, 4.69) is 51.8 Å². The maximum Gasteiger partial charge on any atom is 0.0867 e. The number of hydrogen-bond donors (Lipinski definition) is 0. The molecule has 80 valence electrons. The fourth-order valence-corrected chi connectivity index (χ4v) is 2.19. The number of hydrogen-bond acceptors (Lipinski definition) is 1. The number of halogens is 1. The summed E-state index contributed by atoms with van der Waals surface area (Å²) in [5.41, 5.74) is 2.44. The fourth-order valence-electron chi connectivity index (χ4n) is 1.72. The van der Waals surface area contributed by atoms with E-state index in [9.17, 15) is 0 Å². The summed E-state index contributed by atoms with van der Waals surface area (Å²) in [6, 6.07) is 8.41. The van der Waals surface area contributed by atoms with Gasteiger partial charge in [-0.05, 0) is 25.1 Å². The van der Waals surface area contributed by atoms with Gasteiger partial charge in [-0.25, -0.2) is 0 Å². The highest BCUT2D eigenvalue weighted by atomic mass is 79.9. The van der Waals surface area contributed by atoms with E-state index in [-0.39, 0.29) is 0 Å². The third kappa shape index (κ3) is 1.94. The normalized spacial score (nSPS) is 11.1. The van der Waals surface area contributed by atoms with Crippen molar-refractivity contribution < 1.29 is 4.74 Å². The minimum Gasteiger partial charge on any atom is -0.376 e. The van der Waals surface area contributed by atoms with Gasteiger partial charge < -0.3 is 9.30 Å². The Morgan fingerprint density at radius 1 is 1.40 bits per heavy atom. The van der Waals surface area contributed by atoms with E-state index in [1.54, 1.807) is 0 Å². The van der Waals surface area contributed by atoms with Crippen molar-refractivity contribution in [1.29, 1.82) is 0 Å². The summed E-state index contributed by atoms with van der Waals surface area (Å²) in [6.45, 7) is 3.44.